The van der Waals surface area contributed by atoms with E-state index in [-0.39, 0.29) is 6.10 Å². The van der Waals surface area contributed by atoms with Crippen LogP contribution in [0.1, 0.15) is 33.6 Å². The van der Waals surface area contributed by atoms with Crippen LogP contribution >= 0.6 is 0 Å². The summed E-state index contributed by atoms with van der Waals surface area (Å²) in [5.74, 6) is 0.812. The van der Waals surface area contributed by atoms with Gasteiger partial charge in [-0.05, 0) is 24.2 Å². The molecule has 16 heavy (non-hydrogen) atoms. The molecule has 2 aliphatic rings. The molecule has 2 rings (SSSR count). The highest BCUT2D eigenvalue weighted by molar-refractivity contribution is 4.93. The van der Waals surface area contributed by atoms with Gasteiger partial charge in [0, 0.05) is 25.7 Å². The largest absolute Gasteiger partial charge is 0.374 e. The topological polar surface area (TPSA) is 38.5 Å². The molecule has 1 heterocycles. The molecule has 3 heteroatoms. The van der Waals surface area contributed by atoms with Gasteiger partial charge in [0.25, 0.3) is 0 Å². The monoisotopic (exact) mass is 226 g/mol. The first-order valence-electron chi connectivity index (χ1n) is 6.57. The van der Waals surface area contributed by atoms with E-state index in [1.54, 1.807) is 0 Å². The van der Waals surface area contributed by atoms with E-state index in [0.29, 0.717) is 12.0 Å². The Kier molecular flexibility index (Phi) is 3.57. The van der Waals surface area contributed by atoms with Crippen LogP contribution in [0.25, 0.3) is 0 Å². The minimum absolute atomic E-state index is 0.254. The van der Waals surface area contributed by atoms with Crippen molar-refractivity contribution in [3.63, 3.8) is 0 Å². The molecule has 1 aliphatic carbocycles. The van der Waals surface area contributed by atoms with E-state index in [1.165, 1.54) is 12.8 Å². The molecular weight excluding hydrogens is 200 g/mol. The molecule has 0 bridgehead atoms. The minimum Gasteiger partial charge on any atom is -0.374 e. The van der Waals surface area contributed by atoms with Crippen molar-refractivity contribution in [2.45, 2.75) is 45.8 Å². The van der Waals surface area contributed by atoms with Crippen molar-refractivity contribution in [3.05, 3.63) is 0 Å². The molecule has 0 radical (unpaired) electrons. The van der Waals surface area contributed by atoms with Crippen LogP contribution in [-0.4, -0.2) is 43.3 Å². The molecule has 0 aromatic heterocycles. The maximum atomic E-state index is 5.70. The number of rotatable bonds is 2. The second kappa shape index (κ2) is 4.63. The lowest BCUT2D eigenvalue weighted by atomic mass is 9.91. The number of nitrogens with zero attached hydrogens (tertiary/aromatic N) is 1. The van der Waals surface area contributed by atoms with E-state index in [4.69, 9.17) is 10.5 Å². The Bertz CT molecular complexity index is 242. The van der Waals surface area contributed by atoms with Crippen molar-refractivity contribution < 1.29 is 4.74 Å². The van der Waals surface area contributed by atoms with E-state index in [1.807, 2.05) is 0 Å². The maximum absolute atomic E-state index is 5.70. The highest BCUT2D eigenvalue weighted by Crippen LogP contribution is 2.43. The summed E-state index contributed by atoms with van der Waals surface area (Å²) in [5.41, 5.74) is 6.21. The first kappa shape index (κ1) is 12.3. The zero-order chi connectivity index (χ0) is 11.8. The van der Waals surface area contributed by atoms with Crippen LogP contribution in [0.2, 0.25) is 0 Å². The van der Waals surface area contributed by atoms with Crippen LogP contribution < -0.4 is 5.73 Å². The molecule has 3 atom stereocenters. The number of nitrogens with two attached hydrogens (primary N) is 1. The van der Waals surface area contributed by atoms with E-state index in [0.717, 1.165) is 31.7 Å². The molecule has 1 saturated carbocycles. The lowest BCUT2D eigenvalue weighted by molar-refractivity contribution is -0.0436. The van der Waals surface area contributed by atoms with E-state index in [9.17, 15) is 0 Å². The van der Waals surface area contributed by atoms with Gasteiger partial charge in [-0.3, -0.25) is 4.90 Å². The molecule has 2 fully saturated rings. The fraction of sp³-hybridized carbons (Fsp3) is 1.00. The lowest BCUT2D eigenvalue weighted by Gasteiger charge is -2.38. The Balaban J connectivity index is 1.97. The van der Waals surface area contributed by atoms with Crippen LogP contribution in [0.15, 0.2) is 0 Å². The van der Waals surface area contributed by atoms with Gasteiger partial charge in [0.1, 0.15) is 0 Å². The zero-order valence-corrected chi connectivity index (χ0v) is 10.9. The Morgan fingerprint density at radius 1 is 1.38 bits per heavy atom. The number of morpholine rings is 1. The van der Waals surface area contributed by atoms with Crippen LogP contribution in [0.4, 0.5) is 0 Å². The van der Waals surface area contributed by atoms with Crippen LogP contribution in [-0.2, 0) is 4.74 Å². The average molecular weight is 226 g/mol. The summed E-state index contributed by atoms with van der Waals surface area (Å²) in [5, 5.41) is 0. The van der Waals surface area contributed by atoms with Crippen molar-refractivity contribution in [2.75, 3.05) is 26.2 Å². The lowest BCUT2D eigenvalue weighted by Crippen LogP contribution is -2.50. The van der Waals surface area contributed by atoms with Crippen molar-refractivity contribution in [1.29, 1.82) is 0 Å². The summed E-state index contributed by atoms with van der Waals surface area (Å²) in [4.78, 5) is 2.61. The van der Waals surface area contributed by atoms with Gasteiger partial charge in [0.2, 0.25) is 0 Å². The summed E-state index contributed by atoms with van der Waals surface area (Å²) < 4.78 is 5.64. The summed E-state index contributed by atoms with van der Waals surface area (Å²) in [6.07, 6.45) is 2.93. The molecule has 3 nitrogen and oxygen atoms in total. The average Bonchev–Trinajstić information content (AvgIpc) is 2.52. The van der Waals surface area contributed by atoms with Crippen molar-refractivity contribution >= 4 is 0 Å². The van der Waals surface area contributed by atoms with Crippen molar-refractivity contribution in [2.24, 2.45) is 17.1 Å². The molecule has 0 spiro atoms. The van der Waals surface area contributed by atoms with E-state index in [2.05, 4.69) is 25.7 Å². The van der Waals surface area contributed by atoms with E-state index >= 15 is 0 Å². The van der Waals surface area contributed by atoms with Crippen LogP contribution in [0.5, 0.6) is 0 Å². The third-order valence-corrected chi connectivity index (χ3v) is 4.20. The van der Waals surface area contributed by atoms with Gasteiger partial charge in [0.15, 0.2) is 0 Å². The molecule has 0 amide bonds. The maximum Gasteiger partial charge on any atom is 0.0824 e. The molecule has 0 aromatic rings. The van der Waals surface area contributed by atoms with Gasteiger partial charge in [-0.1, -0.05) is 20.8 Å². The third kappa shape index (κ3) is 2.58. The standard InChI is InChI=1S/C13H26N2O/c1-10-6-13(2,3)7-12(10)15-4-5-16-11(8-14)9-15/h10-12H,4-9,14H2,1-3H3. The van der Waals surface area contributed by atoms with Crippen LogP contribution in [0, 0.1) is 11.3 Å². The molecule has 1 saturated heterocycles. The summed E-state index contributed by atoms with van der Waals surface area (Å²) in [7, 11) is 0. The van der Waals surface area contributed by atoms with Gasteiger partial charge >= 0.3 is 0 Å². The molecule has 2 N–H and O–H groups in total. The van der Waals surface area contributed by atoms with E-state index < -0.39 is 0 Å². The highest BCUT2D eigenvalue weighted by atomic mass is 16.5. The zero-order valence-electron chi connectivity index (χ0n) is 10.9. The first-order valence-corrected chi connectivity index (χ1v) is 6.57. The molecule has 0 aromatic carbocycles. The number of hydrogen-bond acceptors (Lipinski definition) is 3. The second-order valence-electron chi connectivity index (χ2n) is 6.34. The van der Waals surface area contributed by atoms with Gasteiger partial charge in [-0.2, -0.15) is 0 Å². The molecule has 1 aliphatic heterocycles. The van der Waals surface area contributed by atoms with Gasteiger partial charge in [0.05, 0.1) is 12.7 Å². The summed E-state index contributed by atoms with van der Waals surface area (Å²) in [6.45, 7) is 10.8. The number of ether oxygens (including phenoxy) is 1. The Morgan fingerprint density at radius 2 is 2.12 bits per heavy atom. The Morgan fingerprint density at radius 3 is 2.69 bits per heavy atom. The van der Waals surface area contributed by atoms with Gasteiger partial charge in [-0.15, -0.1) is 0 Å². The van der Waals surface area contributed by atoms with Crippen molar-refractivity contribution in [3.8, 4) is 0 Å². The van der Waals surface area contributed by atoms with Crippen molar-refractivity contribution in [1.82, 2.24) is 4.90 Å². The van der Waals surface area contributed by atoms with Gasteiger partial charge in [-0.25, -0.2) is 0 Å². The molecule has 3 unspecified atom stereocenters. The summed E-state index contributed by atoms with van der Waals surface area (Å²) in [6, 6.07) is 0.743. The predicted octanol–water partition coefficient (Wildman–Crippen LogP) is 1.47. The minimum atomic E-state index is 0.254. The normalized spacial score (nSPS) is 40.1. The third-order valence-electron chi connectivity index (χ3n) is 4.20. The second-order valence-corrected chi connectivity index (χ2v) is 6.34. The fourth-order valence-electron chi connectivity index (χ4n) is 3.53. The molecular formula is C13H26N2O. The SMILES string of the molecule is CC1CC(C)(C)CC1N1CCOC(CN)C1. The Hall–Kier alpha value is -0.120. The van der Waals surface area contributed by atoms with Crippen LogP contribution in [0.3, 0.4) is 0 Å². The smallest absolute Gasteiger partial charge is 0.0824 e. The fourth-order valence-corrected chi connectivity index (χ4v) is 3.53. The predicted molar refractivity (Wildman–Crippen MR) is 66.3 cm³/mol. The molecule has 94 valence electrons. The number of hydrogen-bond donors (Lipinski definition) is 1. The Labute approximate surface area is 99.3 Å². The quantitative estimate of drug-likeness (QED) is 0.775. The van der Waals surface area contributed by atoms with Gasteiger partial charge < -0.3 is 10.5 Å². The summed E-state index contributed by atoms with van der Waals surface area (Å²) >= 11 is 0. The first-order chi connectivity index (χ1) is 7.52. The highest BCUT2D eigenvalue weighted by Gasteiger charge is 2.40.